The molecule has 3 rings (SSSR count). The van der Waals surface area contributed by atoms with Crippen molar-refractivity contribution in [3.8, 4) is 0 Å². The molecule has 0 saturated heterocycles. The number of aryl methyl sites for hydroxylation is 1. The van der Waals surface area contributed by atoms with Crippen LogP contribution in [0.2, 0.25) is 5.02 Å². The highest BCUT2D eigenvalue weighted by atomic mass is 35.5. The number of carbonyl (C=O) groups is 1. The van der Waals surface area contributed by atoms with Gasteiger partial charge in [0, 0.05) is 36.0 Å². The number of carbonyl (C=O) groups excluding carboxylic acids is 1. The highest BCUT2D eigenvalue weighted by Gasteiger charge is 2.16. The van der Waals surface area contributed by atoms with Crippen LogP contribution in [0.15, 0.2) is 66.7 Å². The topological polar surface area (TPSA) is 79.0 Å². The maximum Gasteiger partial charge on any atom is 0.237 e. The molecule has 1 heterocycles. The van der Waals surface area contributed by atoms with Gasteiger partial charge < -0.3 is 15.1 Å². The molecule has 0 aliphatic rings. The van der Waals surface area contributed by atoms with E-state index >= 15 is 0 Å². The maximum atomic E-state index is 13.4. The lowest BCUT2D eigenvalue weighted by Gasteiger charge is -2.19. The molecule has 0 saturated carbocycles. The number of hydrogen-bond donors (Lipinski definition) is 2. The highest BCUT2D eigenvalue weighted by molar-refractivity contribution is 6.34. The van der Waals surface area contributed by atoms with Gasteiger partial charge in [0.1, 0.15) is 11.6 Å². The van der Waals surface area contributed by atoms with Gasteiger partial charge in [-0.2, -0.15) is 0 Å². The predicted octanol–water partition coefficient (Wildman–Crippen LogP) is 5.02. The number of nitrogens with one attached hydrogen (secondary N) is 1. The number of aliphatic hydroxyl groups is 1. The summed E-state index contributed by atoms with van der Waals surface area (Å²) < 4.78 is 15.2. The lowest BCUT2D eigenvalue weighted by atomic mass is 9.88. The molecule has 0 fully saturated rings. The summed E-state index contributed by atoms with van der Waals surface area (Å²) in [6.07, 6.45) is 5.78. The van der Waals surface area contributed by atoms with E-state index in [-0.39, 0.29) is 11.7 Å². The average Bonchev–Trinajstić information content (AvgIpc) is 3.16. The Morgan fingerprint density at radius 1 is 1.17 bits per heavy atom. The first-order chi connectivity index (χ1) is 14.0. The summed E-state index contributed by atoms with van der Waals surface area (Å²) >= 11 is 6.01. The van der Waals surface area contributed by atoms with Crippen molar-refractivity contribution < 1.29 is 14.3 Å². The van der Waals surface area contributed by atoms with Crippen molar-refractivity contribution in [3.63, 3.8) is 0 Å². The standard InChI is InChI=1S/C22H19ClFN3O2/c23-17-5-1-15(2-6-17)19(16-3-7-18(24)8-4-16)9-11-27-12-10-26-22(27)13-20(28)21(29)14-25/h1-8,10,12-14,19,25,28H,9,11H2/b20-13-,25-14?/t19-/m1/s1. The van der Waals surface area contributed by atoms with E-state index in [4.69, 9.17) is 17.0 Å². The third kappa shape index (κ3) is 5.18. The molecule has 7 heteroatoms. The molecule has 5 nitrogen and oxygen atoms in total. The molecule has 1 aromatic heterocycles. The van der Waals surface area contributed by atoms with Gasteiger partial charge in [0.15, 0.2) is 5.76 Å². The summed E-state index contributed by atoms with van der Waals surface area (Å²) in [6.45, 7) is 0.544. The molecule has 29 heavy (non-hydrogen) atoms. The Morgan fingerprint density at radius 3 is 2.41 bits per heavy atom. The minimum atomic E-state index is -0.787. The van der Waals surface area contributed by atoms with Gasteiger partial charge in [-0.15, -0.1) is 0 Å². The van der Waals surface area contributed by atoms with Crippen LogP contribution >= 0.6 is 11.6 Å². The van der Waals surface area contributed by atoms with Gasteiger partial charge >= 0.3 is 0 Å². The molecule has 0 radical (unpaired) electrons. The molecule has 3 aromatic rings. The molecule has 0 unspecified atom stereocenters. The molecular weight excluding hydrogens is 393 g/mol. The molecule has 0 aliphatic carbocycles. The number of benzene rings is 2. The first-order valence-electron chi connectivity index (χ1n) is 8.95. The quantitative estimate of drug-likeness (QED) is 0.310. The van der Waals surface area contributed by atoms with Crippen LogP contribution in [-0.2, 0) is 11.3 Å². The SMILES string of the molecule is N=CC(=O)/C(O)=C/c1nccn1CC[C@@H](c1ccc(F)cc1)c1ccc(Cl)cc1. The number of aromatic nitrogens is 2. The summed E-state index contributed by atoms with van der Waals surface area (Å²) in [6, 6.07) is 13.9. The second-order valence-corrected chi connectivity index (χ2v) is 6.90. The normalized spacial score (nSPS) is 12.6. The van der Waals surface area contributed by atoms with Gasteiger partial charge in [-0.1, -0.05) is 35.9 Å². The van der Waals surface area contributed by atoms with Crippen molar-refractivity contribution in [1.29, 1.82) is 5.41 Å². The van der Waals surface area contributed by atoms with Crippen LogP contribution in [0.5, 0.6) is 0 Å². The van der Waals surface area contributed by atoms with Crippen molar-refractivity contribution in [3.05, 3.63) is 94.5 Å². The van der Waals surface area contributed by atoms with E-state index in [1.54, 1.807) is 29.1 Å². The van der Waals surface area contributed by atoms with Gasteiger partial charge in [0.05, 0.1) is 6.21 Å². The second kappa shape index (κ2) is 9.30. The van der Waals surface area contributed by atoms with Crippen molar-refractivity contribution in [2.45, 2.75) is 18.9 Å². The fraction of sp³-hybridized carbons (Fsp3) is 0.136. The lowest BCUT2D eigenvalue weighted by molar-refractivity contribution is -0.111. The average molecular weight is 412 g/mol. The van der Waals surface area contributed by atoms with E-state index in [0.29, 0.717) is 30.0 Å². The number of ketones is 1. The van der Waals surface area contributed by atoms with Crippen LogP contribution in [-0.4, -0.2) is 26.7 Å². The van der Waals surface area contributed by atoms with E-state index in [1.165, 1.54) is 18.2 Å². The fourth-order valence-electron chi connectivity index (χ4n) is 3.10. The van der Waals surface area contributed by atoms with Crippen LogP contribution < -0.4 is 0 Å². The largest absolute Gasteiger partial charge is 0.504 e. The maximum absolute atomic E-state index is 13.4. The summed E-state index contributed by atoms with van der Waals surface area (Å²) in [4.78, 5) is 15.6. The Bertz CT molecular complexity index is 981. The van der Waals surface area contributed by atoms with E-state index in [9.17, 15) is 14.3 Å². The van der Waals surface area contributed by atoms with E-state index in [1.807, 2.05) is 24.3 Å². The van der Waals surface area contributed by atoms with Gasteiger partial charge in [-0.05, 0) is 41.8 Å². The minimum Gasteiger partial charge on any atom is -0.504 e. The Hall–Kier alpha value is -3.25. The monoisotopic (exact) mass is 411 g/mol. The number of aliphatic hydroxyl groups excluding tert-OH is 1. The van der Waals surface area contributed by atoms with Crippen molar-refractivity contribution in [1.82, 2.24) is 9.55 Å². The zero-order valence-electron chi connectivity index (χ0n) is 15.4. The predicted molar refractivity (Wildman–Crippen MR) is 111 cm³/mol. The Labute approximate surface area is 172 Å². The summed E-state index contributed by atoms with van der Waals surface area (Å²) in [5, 5.41) is 17.3. The molecule has 0 amide bonds. The minimum absolute atomic E-state index is 0.0103. The molecule has 0 aliphatic heterocycles. The molecule has 2 N–H and O–H groups in total. The lowest BCUT2D eigenvalue weighted by Crippen LogP contribution is -2.09. The fourth-order valence-corrected chi connectivity index (χ4v) is 3.23. The van der Waals surface area contributed by atoms with Crippen LogP contribution in [0.4, 0.5) is 4.39 Å². The van der Waals surface area contributed by atoms with Crippen LogP contribution in [0.3, 0.4) is 0 Å². The zero-order valence-corrected chi connectivity index (χ0v) is 16.2. The molecule has 0 spiro atoms. The number of Topliss-reactive ketones (excluding diaryl/α,β-unsaturated/α-hetero) is 1. The number of nitrogens with zero attached hydrogens (tertiary/aromatic N) is 2. The Kier molecular flexibility index (Phi) is 6.57. The van der Waals surface area contributed by atoms with Crippen LogP contribution in [0.1, 0.15) is 29.3 Å². The molecule has 148 valence electrons. The number of hydrogen-bond acceptors (Lipinski definition) is 4. The summed E-state index contributed by atoms with van der Waals surface area (Å²) in [7, 11) is 0. The first-order valence-corrected chi connectivity index (χ1v) is 9.33. The Balaban J connectivity index is 1.86. The van der Waals surface area contributed by atoms with Crippen molar-refractivity contribution in [2.75, 3.05) is 0 Å². The molecule has 0 bridgehead atoms. The Morgan fingerprint density at radius 2 is 1.79 bits per heavy atom. The van der Waals surface area contributed by atoms with E-state index < -0.39 is 11.5 Å². The van der Waals surface area contributed by atoms with Gasteiger partial charge in [-0.25, -0.2) is 9.37 Å². The first kappa shape index (κ1) is 20.5. The summed E-state index contributed by atoms with van der Waals surface area (Å²) in [5.74, 6) is -1.22. The van der Waals surface area contributed by atoms with E-state index in [2.05, 4.69) is 4.98 Å². The van der Waals surface area contributed by atoms with E-state index in [0.717, 1.165) is 11.1 Å². The summed E-state index contributed by atoms with van der Waals surface area (Å²) in [5.41, 5.74) is 2.01. The highest BCUT2D eigenvalue weighted by Crippen LogP contribution is 2.30. The van der Waals surface area contributed by atoms with Crippen LogP contribution in [0.25, 0.3) is 6.08 Å². The molecular formula is C22H19ClFN3O2. The number of halogens is 2. The number of rotatable bonds is 8. The molecule has 2 aromatic carbocycles. The third-order valence-electron chi connectivity index (χ3n) is 4.60. The number of imidazole rings is 1. The smallest absolute Gasteiger partial charge is 0.237 e. The van der Waals surface area contributed by atoms with Gasteiger partial charge in [0.2, 0.25) is 5.78 Å². The van der Waals surface area contributed by atoms with Crippen molar-refractivity contribution in [2.24, 2.45) is 0 Å². The van der Waals surface area contributed by atoms with Gasteiger partial charge in [-0.3, -0.25) is 4.79 Å². The molecule has 1 atom stereocenters. The van der Waals surface area contributed by atoms with Gasteiger partial charge in [0.25, 0.3) is 0 Å². The third-order valence-corrected chi connectivity index (χ3v) is 4.85. The van der Waals surface area contributed by atoms with Crippen molar-refractivity contribution >= 4 is 29.7 Å². The number of allylic oxidation sites excluding steroid dienone is 1. The zero-order chi connectivity index (χ0) is 20.8. The second-order valence-electron chi connectivity index (χ2n) is 6.46. The van der Waals surface area contributed by atoms with Crippen LogP contribution in [0, 0.1) is 11.2 Å².